The Bertz CT molecular complexity index is 887. The number of fused-ring (bicyclic) bond motifs is 1. The number of carbonyl (C=O) groups excluding carboxylic acids is 2. The van der Waals surface area contributed by atoms with E-state index in [9.17, 15) is 22.8 Å². The lowest BCUT2D eigenvalue weighted by Gasteiger charge is -2.33. The van der Waals surface area contributed by atoms with Crippen molar-refractivity contribution in [1.82, 2.24) is 5.48 Å². The number of hydrogen-bond acceptors (Lipinski definition) is 4. The summed E-state index contributed by atoms with van der Waals surface area (Å²) in [6.45, 7) is -0.289. The van der Waals surface area contributed by atoms with Crippen molar-refractivity contribution in [1.29, 1.82) is 0 Å². The molecule has 1 aliphatic heterocycles. The molecule has 0 aliphatic carbocycles. The second-order valence-corrected chi connectivity index (χ2v) is 7.87. The number of nitrogens with one attached hydrogen (secondary N) is 1. The van der Waals surface area contributed by atoms with E-state index in [2.05, 4.69) is 0 Å². The first-order valence-corrected chi connectivity index (χ1v) is 9.83. The number of thioether (sulfide) groups is 1. The maximum atomic E-state index is 12.9. The number of hydroxylamine groups is 1. The number of amides is 2. The van der Waals surface area contributed by atoms with E-state index in [-0.39, 0.29) is 12.5 Å². The number of anilines is 1. The fourth-order valence-electron chi connectivity index (χ4n) is 3.15. The number of benzene rings is 2. The van der Waals surface area contributed by atoms with E-state index >= 15 is 0 Å². The van der Waals surface area contributed by atoms with E-state index in [4.69, 9.17) is 5.21 Å². The van der Waals surface area contributed by atoms with Crippen LogP contribution in [-0.4, -0.2) is 28.8 Å². The monoisotopic (exact) mass is 424 g/mol. The van der Waals surface area contributed by atoms with Gasteiger partial charge >= 0.3 is 6.18 Å². The third-order valence-corrected chi connectivity index (χ3v) is 5.93. The van der Waals surface area contributed by atoms with Crippen LogP contribution in [0.25, 0.3) is 0 Å². The molecule has 0 aromatic heterocycles. The molecule has 2 aromatic carbocycles. The third-order valence-electron chi connectivity index (χ3n) is 4.61. The predicted octanol–water partition coefficient (Wildman–Crippen LogP) is 4.04. The van der Waals surface area contributed by atoms with Crippen LogP contribution in [-0.2, 0) is 22.2 Å². The number of nitrogens with zero attached hydrogens (tertiary/aromatic N) is 1. The molecule has 2 N–H and O–H groups in total. The number of rotatable bonds is 6. The highest BCUT2D eigenvalue weighted by molar-refractivity contribution is 8.01. The lowest BCUT2D eigenvalue weighted by molar-refractivity contribution is -0.137. The summed E-state index contributed by atoms with van der Waals surface area (Å²) >= 11 is 1.41. The number of halogens is 3. The summed E-state index contributed by atoms with van der Waals surface area (Å²) in [5.74, 6) is -0.923. The van der Waals surface area contributed by atoms with Gasteiger partial charge in [-0.15, -0.1) is 11.8 Å². The van der Waals surface area contributed by atoms with Gasteiger partial charge in [0.2, 0.25) is 5.91 Å². The smallest absolute Gasteiger partial charge is 0.301 e. The molecule has 0 saturated heterocycles. The molecule has 1 heterocycles. The first kappa shape index (κ1) is 21.2. The summed E-state index contributed by atoms with van der Waals surface area (Å²) in [6.07, 6.45) is -2.70. The molecule has 29 heavy (non-hydrogen) atoms. The van der Waals surface area contributed by atoms with Crippen LogP contribution in [0, 0.1) is 0 Å². The molecule has 0 saturated carbocycles. The number of alkyl halides is 3. The molecular weight excluding hydrogens is 405 g/mol. The first-order chi connectivity index (χ1) is 13.8. The average Bonchev–Trinajstić information content (AvgIpc) is 2.70. The normalized spacial score (nSPS) is 16.5. The van der Waals surface area contributed by atoms with E-state index < -0.39 is 22.9 Å². The largest absolute Gasteiger partial charge is 0.416 e. The molecule has 0 fully saturated rings. The highest BCUT2D eigenvalue weighted by Crippen LogP contribution is 2.40. The standard InChI is InChI=1S/C20H19F3N2O3S/c21-20(22,23)14-10-8-13(9-11-14)4-3-7-17-19(27)25(12-18(26)24-28)15-5-1-2-6-16(15)29-17/h1-2,5-6,8-11,17,28H,3-4,7,12H2,(H,24,26). The predicted molar refractivity (Wildman–Crippen MR) is 103 cm³/mol. The van der Waals surface area contributed by atoms with Gasteiger partial charge in [0.1, 0.15) is 6.54 Å². The lowest BCUT2D eigenvalue weighted by atomic mass is 10.0. The van der Waals surface area contributed by atoms with Crippen molar-refractivity contribution in [2.45, 2.75) is 35.6 Å². The summed E-state index contributed by atoms with van der Waals surface area (Å²) in [5, 5.41) is 8.38. The third kappa shape index (κ3) is 5.10. The molecule has 2 aromatic rings. The van der Waals surface area contributed by atoms with Crippen molar-refractivity contribution in [3.8, 4) is 0 Å². The summed E-state index contributed by atoms with van der Waals surface area (Å²) < 4.78 is 37.9. The highest BCUT2D eigenvalue weighted by Gasteiger charge is 2.34. The molecule has 154 valence electrons. The minimum atomic E-state index is -4.36. The van der Waals surface area contributed by atoms with Crippen molar-refractivity contribution in [2.24, 2.45) is 0 Å². The van der Waals surface area contributed by atoms with Crippen molar-refractivity contribution < 1.29 is 28.0 Å². The van der Waals surface area contributed by atoms with Gasteiger partial charge in [-0.05, 0) is 49.1 Å². The summed E-state index contributed by atoms with van der Waals surface area (Å²) in [5.41, 5.74) is 2.23. The Balaban J connectivity index is 1.65. The minimum absolute atomic E-state index is 0.232. The number of hydrogen-bond donors (Lipinski definition) is 2. The number of carbonyl (C=O) groups is 2. The Hall–Kier alpha value is -2.52. The van der Waals surface area contributed by atoms with Crippen molar-refractivity contribution in [3.63, 3.8) is 0 Å². The van der Waals surface area contributed by atoms with Gasteiger partial charge in [-0.25, -0.2) is 5.48 Å². The van der Waals surface area contributed by atoms with Gasteiger partial charge in [-0.2, -0.15) is 13.2 Å². The molecule has 0 radical (unpaired) electrons. The SMILES string of the molecule is O=C(CN1C(=O)C(CCCc2ccc(C(F)(F)F)cc2)Sc2ccccc21)NO. The maximum Gasteiger partial charge on any atom is 0.416 e. The Morgan fingerprint density at radius 2 is 1.83 bits per heavy atom. The van der Waals surface area contributed by atoms with Crippen molar-refractivity contribution in [3.05, 3.63) is 59.7 Å². The van der Waals surface area contributed by atoms with E-state index in [1.165, 1.54) is 34.3 Å². The van der Waals surface area contributed by atoms with Crippen LogP contribution >= 0.6 is 11.8 Å². The second kappa shape index (κ2) is 8.87. The Kier molecular flexibility index (Phi) is 6.49. The summed E-state index contributed by atoms with van der Waals surface area (Å²) in [6, 6.07) is 12.2. The molecule has 0 spiro atoms. The van der Waals surface area contributed by atoms with Crippen molar-refractivity contribution in [2.75, 3.05) is 11.4 Å². The molecule has 0 bridgehead atoms. The van der Waals surface area contributed by atoms with Gasteiger partial charge in [-0.3, -0.25) is 14.8 Å². The van der Waals surface area contributed by atoms with Gasteiger partial charge < -0.3 is 4.90 Å². The molecule has 1 aliphatic rings. The van der Waals surface area contributed by atoms with Gasteiger partial charge in [0, 0.05) is 4.90 Å². The van der Waals surface area contributed by atoms with E-state index in [0.29, 0.717) is 24.9 Å². The molecule has 3 rings (SSSR count). The first-order valence-electron chi connectivity index (χ1n) is 8.95. The van der Waals surface area contributed by atoms with Crippen molar-refractivity contribution >= 4 is 29.3 Å². The molecule has 5 nitrogen and oxygen atoms in total. The Labute approximate surface area is 169 Å². The summed E-state index contributed by atoms with van der Waals surface area (Å²) in [7, 11) is 0. The van der Waals surface area contributed by atoms with E-state index in [0.717, 1.165) is 22.6 Å². The van der Waals surface area contributed by atoms with Crippen LogP contribution in [0.5, 0.6) is 0 Å². The van der Waals surface area contributed by atoms with Gasteiger partial charge in [0.15, 0.2) is 0 Å². The molecule has 1 unspecified atom stereocenters. The lowest BCUT2D eigenvalue weighted by Crippen LogP contribution is -2.46. The molecule has 1 atom stereocenters. The quantitative estimate of drug-likeness (QED) is 0.543. The van der Waals surface area contributed by atoms with Gasteiger partial charge in [0.25, 0.3) is 5.91 Å². The fourth-order valence-corrected chi connectivity index (χ4v) is 4.43. The maximum absolute atomic E-state index is 12.9. The second-order valence-electron chi connectivity index (χ2n) is 6.62. The molecule has 2 amide bonds. The zero-order valence-electron chi connectivity index (χ0n) is 15.3. The Morgan fingerprint density at radius 1 is 1.14 bits per heavy atom. The average molecular weight is 424 g/mol. The topological polar surface area (TPSA) is 69.6 Å². The van der Waals surface area contributed by atoms with Crippen LogP contribution in [0.4, 0.5) is 18.9 Å². The zero-order valence-corrected chi connectivity index (χ0v) is 16.1. The molecule has 9 heteroatoms. The van der Waals surface area contributed by atoms with Gasteiger partial charge in [0.05, 0.1) is 16.5 Å². The zero-order chi connectivity index (χ0) is 21.0. The van der Waals surface area contributed by atoms with E-state index in [1.54, 1.807) is 12.1 Å². The van der Waals surface area contributed by atoms with Crippen LogP contribution in [0.2, 0.25) is 0 Å². The molecular formula is C20H19F3N2O3S. The van der Waals surface area contributed by atoms with Crippen LogP contribution in [0.1, 0.15) is 24.0 Å². The highest BCUT2D eigenvalue weighted by atomic mass is 32.2. The Morgan fingerprint density at radius 3 is 2.48 bits per heavy atom. The fraction of sp³-hybridized carbons (Fsp3) is 0.300. The van der Waals surface area contributed by atoms with E-state index in [1.807, 2.05) is 12.1 Å². The van der Waals surface area contributed by atoms with Crippen LogP contribution < -0.4 is 10.4 Å². The van der Waals surface area contributed by atoms with Crippen LogP contribution in [0.15, 0.2) is 53.4 Å². The number of para-hydroxylation sites is 1. The van der Waals surface area contributed by atoms with Crippen LogP contribution in [0.3, 0.4) is 0 Å². The summed E-state index contributed by atoms with van der Waals surface area (Å²) in [4.78, 5) is 26.7. The van der Waals surface area contributed by atoms with Gasteiger partial charge in [-0.1, -0.05) is 24.3 Å². The number of aryl methyl sites for hydroxylation is 1. The minimum Gasteiger partial charge on any atom is -0.301 e.